The maximum atomic E-state index is 12.8. The van der Waals surface area contributed by atoms with Gasteiger partial charge in [0.15, 0.2) is 5.69 Å². The van der Waals surface area contributed by atoms with Crippen molar-refractivity contribution >= 4 is 17.5 Å². The molecule has 168 valence electrons. The zero-order chi connectivity index (χ0) is 23.4. The normalized spacial score (nSPS) is 15.4. The number of hydrogen-bond acceptors (Lipinski definition) is 7. The van der Waals surface area contributed by atoms with Crippen molar-refractivity contribution in [3.8, 4) is 11.8 Å². The van der Waals surface area contributed by atoms with Crippen LogP contribution in [-0.2, 0) is 0 Å². The maximum absolute atomic E-state index is 12.8. The Morgan fingerprint density at radius 3 is 2.94 bits per heavy atom. The van der Waals surface area contributed by atoms with E-state index >= 15 is 0 Å². The largest absolute Gasteiger partial charge is 0.435 e. The number of halogens is 2. The van der Waals surface area contributed by atoms with E-state index in [-0.39, 0.29) is 23.2 Å². The average molecular weight is 450 g/mol. The van der Waals surface area contributed by atoms with Crippen LogP contribution in [0.5, 0.6) is 5.75 Å². The Bertz CT molecular complexity index is 1210. The van der Waals surface area contributed by atoms with Gasteiger partial charge in [0.05, 0.1) is 12.4 Å². The summed E-state index contributed by atoms with van der Waals surface area (Å²) in [5.74, 6) is 0.449. The number of nitriles is 1. The molecule has 1 aliphatic heterocycles. The SMILES string of the molecule is Cc1ccc(C(=O)Nc2cc(OC(F)F)ccn2)cc1[C@@H]1CCN(c2cncc(C#N)n2)C1. The first kappa shape index (κ1) is 22.1. The van der Waals surface area contributed by atoms with Crippen molar-refractivity contribution in [2.24, 2.45) is 0 Å². The molecule has 2 aromatic heterocycles. The molecule has 4 rings (SSSR count). The summed E-state index contributed by atoms with van der Waals surface area (Å²) in [5.41, 5.74) is 2.79. The van der Waals surface area contributed by atoms with Crippen LogP contribution in [0.3, 0.4) is 0 Å². The Morgan fingerprint density at radius 1 is 1.30 bits per heavy atom. The van der Waals surface area contributed by atoms with Gasteiger partial charge in [-0.3, -0.25) is 9.78 Å². The lowest BCUT2D eigenvalue weighted by Gasteiger charge is -2.18. The maximum Gasteiger partial charge on any atom is 0.387 e. The second-order valence-electron chi connectivity index (χ2n) is 7.59. The summed E-state index contributed by atoms with van der Waals surface area (Å²) < 4.78 is 29.2. The quantitative estimate of drug-likeness (QED) is 0.607. The highest BCUT2D eigenvalue weighted by Crippen LogP contribution is 2.32. The Labute approximate surface area is 188 Å². The van der Waals surface area contributed by atoms with E-state index in [0.29, 0.717) is 17.9 Å². The lowest BCUT2D eigenvalue weighted by atomic mass is 9.92. The van der Waals surface area contributed by atoms with Crippen molar-refractivity contribution in [3.05, 3.63) is 71.3 Å². The molecular weight excluding hydrogens is 430 g/mol. The molecule has 8 nitrogen and oxygen atoms in total. The van der Waals surface area contributed by atoms with Gasteiger partial charge in [-0.05, 0) is 42.7 Å². The monoisotopic (exact) mass is 450 g/mol. The summed E-state index contributed by atoms with van der Waals surface area (Å²) >= 11 is 0. The molecule has 0 aliphatic carbocycles. The first-order valence-electron chi connectivity index (χ1n) is 10.2. The summed E-state index contributed by atoms with van der Waals surface area (Å²) in [6.07, 6.45) is 5.20. The van der Waals surface area contributed by atoms with E-state index in [1.165, 1.54) is 24.5 Å². The average Bonchev–Trinajstić information content (AvgIpc) is 3.29. The molecule has 1 aromatic carbocycles. The fourth-order valence-electron chi connectivity index (χ4n) is 3.85. The number of alkyl halides is 2. The smallest absolute Gasteiger partial charge is 0.387 e. The molecule has 0 saturated carbocycles. The second-order valence-corrected chi connectivity index (χ2v) is 7.59. The highest BCUT2D eigenvalue weighted by atomic mass is 19.3. The fraction of sp³-hybridized carbons (Fsp3) is 0.261. The molecule has 0 bridgehead atoms. The number of aryl methyl sites for hydroxylation is 1. The second kappa shape index (κ2) is 9.56. The van der Waals surface area contributed by atoms with Crippen LogP contribution in [0.15, 0.2) is 48.9 Å². The van der Waals surface area contributed by atoms with Crippen LogP contribution in [0.4, 0.5) is 20.4 Å². The molecule has 3 aromatic rings. The van der Waals surface area contributed by atoms with E-state index in [1.807, 2.05) is 25.1 Å². The van der Waals surface area contributed by atoms with Crippen LogP contribution in [0.1, 0.15) is 39.5 Å². The van der Waals surface area contributed by atoms with Crippen LogP contribution in [0.25, 0.3) is 0 Å². The molecule has 1 saturated heterocycles. The highest BCUT2D eigenvalue weighted by Gasteiger charge is 2.27. The topological polar surface area (TPSA) is 104 Å². The van der Waals surface area contributed by atoms with Crippen LogP contribution >= 0.6 is 0 Å². The Balaban J connectivity index is 1.49. The molecule has 1 N–H and O–H groups in total. The van der Waals surface area contributed by atoms with Crippen LogP contribution < -0.4 is 15.0 Å². The number of nitrogens with one attached hydrogen (secondary N) is 1. The molecule has 1 fully saturated rings. The Morgan fingerprint density at radius 2 is 2.15 bits per heavy atom. The molecule has 10 heteroatoms. The zero-order valence-electron chi connectivity index (χ0n) is 17.7. The number of nitrogens with zero attached hydrogens (tertiary/aromatic N) is 5. The Kier molecular flexibility index (Phi) is 6.40. The van der Waals surface area contributed by atoms with E-state index in [9.17, 15) is 13.6 Å². The van der Waals surface area contributed by atoms with Crippen LogP contribution in [0.2, 0.25) is 0 Å². The van der Waals surface area contributed by atoms with Crippen LogP contribution in [-0.4, -0.2) is 40.6 Å². The van der Waals surface area contributed by atoms with Crippen molar-refractivity contribution in [1.82, 2.24) is 15.0 Å². The van der Waals surface area contributed by atoms with Gasteiger partial charge in [0.1, 0.15) is 23.5 Å². The standard InChI is InChI=1S/C23H20F2N6O2/c1-14-2-3-15(22(32)30-20-9-18(4-6-28-20)33-23(24)25)8-19(14)16-5-7-31(13-16)21-12-27-11-17(10-26)29-21/h2-4,6,8-9,11-12,16,23H,5,7,13H2,1H3,(H,28,30,32)/t16-/m1/s1. The predicted octanol–water partition coefficient (Wildman–Crippen LogP) is 3.90. The summed E-state index contributed by atoms with van der Waals surface area (Å²) in [7, 11) is 0. The minimum absolute atomic E-state index is 0.0884. The molecular formula is C23H20F2N6O2. The zero-order valence-corrected chi connectivity index (χ0v) is 17.7. The van der Waals surface area contributed by atoms with Crippen molar-refractivity contribution in [3.63, 3.8) is 0 Å². The van der Waals surface area contributed by atoms with Crippen molar-refractivity contribution in [1.29, 1.82) is 5.26 Å². The number of rotatable bonds is 6. The van der Waals surface area contributed by atoms with Gasteiger partial charge in [-0.1, -0.05) is 6.07 Å². The molecule has 33 heavy (non-hydrogen) atoms. The number of hydrogen-bond donors (Lipinski definition) is 1. The summed E-state index contributed by atoms with van der Waals surface area (Å²) in [6, 6.07) is 9.96. The van der Waals surface area contributed by atoms with Gasteiger partial charge in [-0.2, -0.15) is 14.0 Å². The number of pyridine rings is 1. The molecule has 1 amide bonds. The van der Waals surface area contributed by atoms with E-state index in [1.54, 1.807) is 12.3 Å². The lowest BCUT2D eigenvalue weighted by Crippen LogP contribution is -2.21. The number of carbonyl (C=O) groups excluding carboxylic acids is 1. The number of carbonyl (C=O) groups is 1. The Hall–Kier alpha value is -4.13. The van der Waals surface area contributed by atoms with E-state index in [4.69, 9.17) is 5.26 Å². The van der Waals surface area contributed by atoms with Gasteiger partial charge in [-0.15, -0.1) is 0 Å². The first-order chi connectivity index (χ1) is 15.9. The minimum Gasteiger partial charge on any atom is -0.435 e. The van der Waals surface area contributed by atoms with Gasteiger partial charge in [-0.25, -0.2) is 9.97 Å². The van der Waals surface area contributed by atoms with Crippen molar-refractivity contribution in [2.45, 2.75) is 25.9 Å². The molecule has 1 atom stereocenters. The van der Waals surface area contributed by atoms with E-state index in [0.717, 1.165) is 24.1 Å². The first-order valence-corrected chi connectivity index (χ1v) is 10.2. The van der Waals surface area contributed by atoms with Crippen LogP contribution in [0, 0.1) is 18.3 Å². The lowest BCUT2D eigenvalue weighted by molar-refractivity contribution is -0.0498. The predicted molar refractivity (Wildman–Crippen MR) is 116 cm³/mol. The number of benzene rings is 1. The van der Waals surface area contributed by atoms with Gasteiger partial charge in [0.2, 0.25) is 0 Å². The summed E-state index contributed by atoms with van der Waals surface area (Å²) in [5, 5.41) is 11.7. The van der Waals surface area contributed by atoms with E-state index in [2.05, 4.69) is 29.9 Å². The summed E-state index contributed by atoms with van der Waals surface area (Å²) in [4.78, 5) is 27.2. The molecule has 0 unspecified atom stereocenters. The third-order valence-corrected chi connectivity index (χ3v) is 5.43. The van der Waals surface area contributed by atoms with Gasteiger partial charge in [0, 0.05) is 36.8 Å². The highest BCUT2D eigenvalue weighted by molar-refractivity contribution is 6.04. The number of anilines is 2. The number of amides is 1. The number of ether oxygens (including phenoxy) is 1. The third kappa shape index (κ3) is 5.20. The number of aromatic nitrogens is 3. The third-order valence-electron chi connectivity index (χ3n) is 5.43. The molecule has 0 spiro atoms. The van der Waals surface area contributed by atoms with Gasteiger partial charge < -0.3 is 15.0 Å². The molecule has 3 heterocycles. The molecule has 1 aliphatic rings. The van der Waals surface area contributed by atoms with Crippen molar-refractivity contribution < 1.29 is 18.3 Å². The minimum atomic E-state index is -2.96. The van der Waals surface area contributed by atoms with Crippen molar-refractivity contribution in [2.75, 3.05) is 23.3 Å². The van der Waals surface area contributed by atoms with E-state index < -0.39 is 12.5 Å². The van der Waals surface area contributed by atoms with Gasteiger partial charge >= 0.3 is 6.61 Å². The van der Waals surface area contributed by atoms with Gasteiger partial charge in [0.25, 0.3) is 5.91 Å². The molecule has 0 radical (unpaired) electrons. The summed E-state index contributed by atoms with van der Waals surface area (Å²) in [6.45, 7) is 0.465. The fourth-order valence-corrected chi connectivity index (χ4v) is 3.85.